The lowest BCUT2D eigenvalue weighted by Crippen LogP contribution is -2.46. The minimum Gasteiger partial charge on any atom is -0.342 e. The largest absolute Gasteiger partial charge is 0.342 e. The Kier molecular flexibility index (Phi) is 2.03. The van der Waals surface area contributed by atoms with Gasteiger partial charge in [0.1, 0.15) is 5.82 Å². The summed E-state index contributed by atoms with van der Waals surface area (Å²) in [7, 11) is 0. The van der Waals surface area contributed by atoms with Crippen LogP contribution in [0, 0.1) is 5.92 Å². The highest BCUT2D eigenvalue weighted by molar-refractivity contribution is 5.74. The molecule has 1 saturated carbocycles. The molecule has 0 radical (unpaired) electrons. The van der Waals surface area contributed by atoms with Gasteiger partial charge in [-0.05, 0) is 30.9 Å². The molecule has 1 N–H and O–H groups in total. The molecule has 0 unspecified atom stereocenters. The fourth-order valence-electron chi connectivity index (χ4n) is 2.72. The fraction of sp³-hybridized carbons (Fsp3) is 0.500. The molecule has 0 bridgehead atoms. The lowest BCUT2D eigenvalue weighted by molar-refractivity contribution is 0.137. The molecule has 17 heavy (non-hydrogen) atoms. The van der Waals surface area contributed by atoms with E-state index in [9.17, 15) is 0 Å². The number of H-pyrrole nitrogens is 1. The van der Waals surface area contributed by atoms with E-state index in [1.807, 2.05) is 6.07 Å². The first-order chi connectivity index (χ1) is 8.38. The molecule has 1 saturated heterocycles. The molecule has 2 aromatic rings. The Labute approximate surface area is 101 Å². The molecule has 3 heteroatoms. The number of nitrogens with one attached hydrogen (secondary N) is 1. The summed E-state index contributed by atoms with van der Waals surface area (Å²) in [6.45, 7) is 3.70. The second-order valence-corrected chi connectivity index (χ2v) is 5.50. The van der Waals surface area contributed by atoms with Gasteiger partial charge in [-0.3, -0.25) is 0 Å². The van der Waals surface area contributed by atoms with Crippen LogP contribution in [0.5, 0.6) is 0 Å². The van der Waals surface area contributed by atoms with Crippen molar-refractivity contribution in [3.8, 4) is 0 Å². The van der Waals surface area contributed by atoms with Crippen LogP contribution in [0.4, 0.5) is 0 Å². The topological polar surface area (TPSA) is 31.9 Å². The van der Waals surface area contributed by atoms with E-state index in [1.165, 1.54) is 43.8 Å². The van der Waals surface area contributed by atoms with E-state index < -0.39 is 0 Å². The number of likely N-dealkylation sites (tertiary alicyclic amines) is 1. The van der Waals surface area contributed by atoms with Crippen LogP contribution in [-0.4, -0.2) is 34.5 Å². The smallest absolute Gasteiger partial charge is 0.112 e. The summed E-state index contributed by atoms with van der Waals surface area (Å²) in [6.07, 6.45) is 2.90. The molecule has 2 aliphatic rings. The summed E-state index contributed by atoms with van der Waals surface area (Å²) in [5.41, 5.74) is 2.27. The maximum Gasteiger partial charge on any atom is 0.112 e. The van der Waals surface area contributed by atoms with E-state index >= 15 is 0 Å². The number of aromatic nitrogens is 2. The van der Waals surface area contributed by atoms with Gasteiger partial charge in [0, 0.05) is 25.6 Å². The van der Waals surface area contributed by atoms with E-state index in [0.29, 0.717) is 5.92 Å². The number of rotatable bonds is 3. The first kappa shape index (κ1) is 9.66. The van der Waals surface area contributed by atoms with Crippen LogP contribution in [0.1, 0.15) is 24.6 Å². The van der Waals surface area contributed by atoms with Crippen molar-refractivity contribution in [3.05, 3.63) is 30.1 Å². The maximum absolute atomic E-state index is 4.68. The third kappa shape index (κ3) is 1.75. The zero-order valence-electron chi connectivity index (χ0n) is 9.89. The number of aromatic amines is 1. The molecule has 0 amide bonds. The van der Waals surface area contributed by atoms with Gasteiger partial charge in [0.05, 0.1) is 11.0 Å². The normalized spacial score (nSPS) is 21.9. The van der Waals surface area contributed by atoms with E-state index in [-0.39, 0.29) is 0 Å². The number of hydrogen-bond acceptors (Lipinski definition) is 2. The molecule has 88 valence electrons. The van der Waals surface area contributed by atoms with Gasteiger partial charge < -0.3 is 9.88 Å². The molecule has 1 aromatic heterocycles. The van der Waals surface area contributed by atoms with Gasteiger partial charge in [-0.25, -0.2) is 4.98 Å². The standard InChI is InChI=1S/C14H17N3/c1-2-4-13-12(3-1)15-14(16-13)11-8-17(9-11)7-10-5-6-10/h1-4,10-11H,5-9H2,(H,15,16). The summed E-state index contributed by atoms with van der Waals surface area (Å²) >= 11 is 0. The monoisotopic (exact) mass is 227 g/mol. The van der Waals surface area contributed by atoms with Crippen molar-refractivity contribution in [2.24, 2.45) is 5.92 Å². The lowest BCUT2D eigenvalue weighted by Gasteiger charge is -2.38. The first-order valence-electron chi connectivity index (χ1n) is 6.55. The quantitative estimate of drug-likeness (QED) is 0.873. The highest BCUT2D eigenvalue weighted by Gasteiger charge is 2.34. The van der Waals surface area contributed by atoms with Gasteiger partial charge in [0.25, 0.3) is 0 Å². The van der Waals surface area contributed by atoms with Crippen LogP contribution in [0.25, 0.3) is 11.0 Å². The Morgan fingerprint density at radius 2 is 2.06 bits per heavy atom. The molecule has 1 aromatic carbocycles. The van der Waals surface area contributed by atoms with Crippen molar-refractivity contribution in [3.63, 3.8) is 0 Å². The molecule has 4 rings (SSSR count). The van der Waals surface area contributed by atoms with Gasteiger partial charge >= 0.3 is 0 Å². The van der Waals surface area contributed by atoms with Crippen LogP contribution >= 0.6 is 0 Å². The average Bonchev–Trinajstić information content (AvgIpc) is 3.00. The molecule has 2 heterocycles. The van der Waals surface area contributed by atoms with Crippen molar-refractivity contribution >= 4 is 11.0 Å². The second kappa shape index (κ2) is 3.57. The van der Waals surface area contributed by atoms with Gasteiger partial charge in [0.2, 0.25) is 0 Å². The van der Waals surface area contributed by atoms with Crippen LogP contribution in [0.15, 0.2) is 24.3 Å². The highest BCUT2D eigenvalue weighted by Crippen LogP contribution is 2.34. The molecule has 2 fully saturated rings. The molecular formula is C14H17N3. The number of nitrogens with zero attached hydrogens (tertiary/aromatic N) is 2. The molecular weight excluding hydrogens is 210 g/mol. The van der Waals surface area contributed by atoms with Crippen molar-refractivity contribution in [1.82, 2.24) is 14.9 Å². The number of fused-ring (bicyclic) bond motifs is 1. The van der Waals surface area contributed by atoms with Gasteiger partial charge in [0.15, 0.2) is 0 Å². The Bertz CT molecular complexity index is 502. The molecule has 1 aliphatic carbocycles. The minimum absolute atomic E-state index is 0.626. The minimum atomic E-state index is 0.626. The number of hydrogen-bond donors (Lipinski definition) is 1. The Balaban J connectivity index is 1.48. The first-order valence-corrected chi connectivity index (χ1v) is 6.55. The van der Waals surface area contributed by atoms with Gasteiger partial charge in [-0.15, -0.1) is 0 Å². The summed E-state index contributed by atoms with van der Waals surface area (Å²) in [5, 5.41) is 0. The van der Waals surface area contributed by atoms with E-state index in [1.54, 1.807) is 0 Å². The lowest BCUT2D eigenvalue weighted by atomic mass is 9.99. The van der Waals surface area contributed by atoms with Crippen molar-refractivity contribution < 1.29 is 0 Å². The van der Waals surface area contributed by atoms with Crippen molar-refractivity contribution in [2.75, 3.05) is 19.6 Å². The number of imidazole rings is 1. The summed E-state index contributed by atoms with van der Waals surface area (Å²) in [5.74, 6) is 2.81. The molecule has 0 atom stereocenters. The Hall–Kier alpha value is -1.35. The highest BCUT2D eigenvalue weighted by atomic mass is 15.2. The Morgan fingerprint density at radius 1 is 1.24 bits per heavy atom. The third-order valence-electron chi connectivity index (χ3n) is 3.96. The van der Waals surface area contributed by atoms with Crippen LogP contribution in [0.3, 0.4) is 0 Å². The van der Waals surface area contributed by atoms with Crippen LogP contribution in [0.2, 0.25) is 0 Å². The van der Waals surface area contributed by atoms with Gasteiger partial charge in [-0.2, -0.15) is 0 Å². The van der Waals surface area contributed by atoms with Crippen LogP contribution in [-0.2, 0) is 0 Å². The average molecular weight is 227 g/mol. The summed E-state index contributed by atoms with van der Waals surface area (Å²) in [4.78, 5) is 10.7. The van der Waals surface area contributed by atoms with Crippen LogP contribution < -0.4 is 0 Å². The van der Waals surface area contributed by atoms with Crippen molar-refractivity contribution in [2.45, 2.75) is 18.8 Å². The Morgan fingerprint density at radius 3 is 2.82 bits per heavy atom. The van der Waals surface area contributed by atoms with Gasteiger partial charge in [-0.1, -0.05) is 12.1 Å². The molecule has 1 aliphatic heterocycles. The molecule has 3 nitrogen and oxygen atoms in total. The summed E-state index contributed by atoms with van der Waals surface area (Å²) in [6, 6.07) is 8.29. The van der Waals surface area contributed by atoms with E-state index in [0.717, 1.165) is 11.4 Å². The maximum atomic E-state index is 4.68. The predicted molar refractivity (Wildman–Crippen MR) is 68.0 cm³/mol. The molecule has 0 spiro atoms. The third-order valence-corrected chi connectivity index (χ3v) is 3.96. The number of benzene rings is 1. The summed E-state index contributed by atoms with van der Waals surface area (Å²) < 4.78 is 0. The van der Waals surface area contributed by atoms with Crippen molar-refractivity contribution in [1.29, 1.82) is 0 Å². The zero-order valence-corrected chi connectivity index (χ0v) is 9.89. The van der Waals surface area contributed by atoms with E-state index in [4.69, 9.17) is 0 Å². The fourth-order valence-corrected chi connectivity index (χ4v) is 2.72. The number of para-hydroxylation sites is 2. The SMILES string of the molecule is c1ccc2[nH]c(C3CN(CC4CC4)C3)nc2c1. The predicted octanol–water partition coefficient (Wildman–Crippen LogP) is 2.37. The zero-order chi connectivity index (χ0) is 11.2. The van der Waals surface area contributed by atoms with E-state index in [2.05, 4.69) is 33.1 Å². The second-order valence-electron chi connectivity index (χ2n) is 5.50.